The van der Waals surface area contributed by atoms with Crippen molar-refractivity contribution in [2.45, 2.75) is 63.2 Å². The third-order valence-corrected chi connectivity index (χ3v) is 11.0. The number of aliphatic hydroxyl groups excluding tert-OH is 1. The van der Waals surface area contributed by atoms with Gasteiger partial charge in [0, 0.05) is 55.1 Å². The van der Waals surface area contributed by atoms with Gasteiger partial charge in [0.05, 0.1) is 35.3 Å². The third-order valence-electron chi connectivity index (χ3n) is 8.90. The largest absolute Gasteiger partial charge is 0.490 e. The SMILES string of the molecule is C[C@@H]1CCCCO[C@H](CN(C)S(=O)(=O)c2ccc(Cl)cc2)[C@@H](C)CN([C@@H](C)CO)C(=O)c2cc(NC(=O)Nc3ccc4c(c3)OCO4)ccc2O1. The highest BCUT2D eigenvalue weighted by molar-refractivity contribution is 7.89. The van der Waals surface area contributed by atoms with Crippen LogP contribution in [-0.4, -0.2) is 93.1 Å². The molecular formula is C36H45ClN4O9S. The molecule has 15 heteroatoms. The van der Waals surface area contributed by atoms with E-state index in [1.54, 1.807) is 43.3 Å². The molecule has 0 saturated carbocycles. The molecule has 3 aromatic carbocycles. The summed E-state index contributed by atoms with van der Waals surface area (Å²) < 4.78 is 51.5. The van der Waals surface area contributed by atoms with E-state index in [1.165, 1.54) is 40.5 Å². The Labute approximate surface area is 303 Å². The first kappa shape index (κ1) is 38.2. The van der Waals surface area contributed by atoms with Gasteiger partial charge in [-0.25, -0.2) is 13.2 Å². The molecule has 2 aliphatic heterocycles. The van der Waals surface area contributed by atoms with Gasteiger partial charge in [-0.2, -0.15) is 4.31 Å². The van der Waals surface area contributed by atoms with E-state index in [-0.39, 0.29) is 49.0 Å². The van der Waals surface area contributed by atoms with E-state index >= 15 is 0 Å². The van der Waals surface area contributed by atoms with Crippen LogP contribution in [0.3, 0.4) is 0 Å². The second-order valence-electron chi connectivity index (χ2n) is 12.9. The van der Waals surface area contributed by atoms with Crippen LogP contribution in [-0.2, 0) is 14.8 Å². The van der Waals surface area contributed by atoms with Crippen molar-refractivity contribution in [3.63, 3.8) is 0 Å². The number of fused-ring (bicyclic) bond motifs is 2. The summed E-state index contributed by atoms with van der Waals surface area (Å²) in [5.41, 5.74) is 1.04. The molecule has 0 unspecified atom stereocenters. The number of anilines is 2. The Morgan fingerprint density at radius 2 is 1.67 bits per heavy atom. The fourth-order valence-electron chi connectivity index (χ4n) is 5.87. The molecule has 51 heavy (non-hydrogen) atoms. The Hall–Kier alpha value is -4.08. The van der Waals surface area contributed by atoms with E-state index in [0.717, 1.165) is 6.42 Å². The van der Waals surface area contributed by atoms with Gasteiger partial charge in [0.1, 0.15) is 5.75 Å². The van der Waals surface area contributed by atoms with Crippen LogP contribution >= 0.6 is 11.6 Å². The molecule has 2 heterocycles. The lowest BCUT2D eigenvalue weighted by Crippen LogP contribution is -2.48. The Morgan fingerprint density at radius 3 is 2.37 bits per heavy atom. The van der Waals surface area contributed by atoms with Gasteiger partial charge in [-0.05, 0) is 87.7 Å². The molecule has 0 fully saturated rings. The van der Waals surface area contributed by atoms with Crippen LogP contribution in [0.25, 0.3) is 0 Å². The average molecular weight is 745 g/mol. The zero-order valence-electron chi connectivity index (χ0n) is 29.1. The molecule has 3 aromatic rings. The first-order chi connectivity index (χ1) is 24.3. The number of hydrogen-bond acceptors (Lipinski definition) is 9. The van der Waals surface area contributed by atoms with Gasteiger partial charge in [0.15, 0.2) is 11.5 Å². The third kappa shape index (κ3) is 9.63. The molecule has 0 aliphatic carbocycles. The van der Waals surface area contributed by atoms with E-state index in [0.29, 0.717) is 53.1 Å². The normalized spacial score (nSPS) is 20.6. The second kappa shape index (κ2) is 17.0. The van der Waals surface area contributed by atoms with E-state index < -0.39 is 34.1 Å². The smallest absolute Gasteiger partial charge is 0.323 e. The van der Waals surface area contributed by atoms with Crippen molar-refractivity contribution in [2.24, 2.45) is 5.92 Å². The highest BCUT2D eigenvalue weighted by atomic mass is 35.5. The zero-order valence-corrected chi connectivity index (χ0v) is 30.7. The Bertz CT molecular complexity index is 1790. The summed E-state index contributed by atoms with van der Waals surface area (Å²) in [5.74, 6) is 0.666. The number of benzene rings is 3. The number of hydrogen-bond donors (Lipinski definition) is 3. The zero-order chi connectivity index (χ0) is 36.7. The molecule has 0 spiro atoms. The summed E-state index contributed by atoms with van der Waals surface area (Å²) in [6.45, 7) is 5.88. The Kier molecular flexibility index (Phi) is 12.7. The molecule has 276 valence electrons. The number of carbonyl (C=O) groups excluding carboxylic acids is 2. The maximum Gasteiger partial charge on any atom is 0.323 e. The van der Waals surface area contributed by atoms with Gasteiger partial charge in [0.2, 0.25) is 16.8 Å². The molecule has 4 atom stereocenters. The maximum atomic E-state index is 14.4. The maximum absolute atomic E-state index is 14.4. The lowest BCUT2D eigenvalue weighted by Gasteiger charge is -2.35. The number of amides is 3. The summed E-state index contributed by atoms with van der Waals surface area (Å²) in [5, 5.41) is 16.2. The number of carbonyl (C=O) groups is 2. The van der Waals surface area contributed by atoms with Crippen LogP contribution in [0.15, 0.2) is 65.6 Å². The molecule has 2 aliphatic rings. The molecule has 13 nitrogen and oxygen atoms in total. The molecular weight excluding hydrogens is 700 g/mol. The number of halogens is 1. The number of nitrogens with zero attached hydrogens (tertiary/aromatic N) is 2. The molecule has 5 rings (SSSR count). The summed E-state index contributed by atoms with van der Waals surface area (Å²) in [7, 11) is -2.37. The van der Waals surface area contributed by atoms with Crippen LogP contribution in [0.5, 0.6) is 17.2 Å². The minimum absolute atomic E-state index is 0.0321. The Balaban J connectivity index is 1.39. The van der Waals surface area contributed by atoms with Crippen molar-refractivity contribution in [1.29, 1.82) is 0 Å². The number of urea groups is 1. The van der Waals surface area contributed by atoms with E-state index in [1.807, 2.05) is 13.8 Å². The van der Waals surface area contributed by atoms with Gasteiger partial charge < -0.3 is 39.6 Å². The summed E-state index contributed by atoms with van der Waals surface area (Å²) >= 11 is 5.99. The predicted molar refractivity (Wildman–Crippen MR) is 193 cm³/mol. The monoisotopic (exact) mass is 744 g/mol. The number of sulfonamides is 1. The number of ether oxygens (including phenoxy) is 4. The van der Waals surface area contributed by atoms with Crippen LogP contribution in [0, 0.1) is 5.92 Å². The average Bonchev–Trinajstić information content (AvgIpc) is 3.57. The highest BCUT2D eigenvalue weighted by Gasteiger charge is 2.32. The minimum atomic E-state index is -3.86. The van der Waals surface area contributed by atoms with Gasteiger partial charge in [-0.15, -0.1) is 0 Å². The minimum Gasteiger partial charge on any atom is -0.490 e. The number of aliphatic hydroxyl groups is 1. The first-order valence-corrected chi connectivity index (χ1v) is 18.7. The molecule has 3 amide bonds. The second-order valence-corrected chi connectivity index (χ2v) is 15.4. The fraction of sp³-hybridized carbons (Fsp3) is 0.444. The molecule has 3 N–H and O–H groups in total. The number of rotatable bonds is 8. The van der Waals surface area contributed by atoms with Crippen molar-refractivity contribution >= 4 is 44.9 Å². The van der Waals surface area contributed by atoms with Crippen molar-refractivity contribution in [2.75, 3.05) is 50.8 Å². The highest BCUT2D eigenvalue weighted by Crippen LogP contribution is 2.34. The van der Waals surface area contributed by atoms with E-state index in [4.69, 9.17) is 30.5 Å². The van der Waals surface area contributed by atoms with E-state index in [2.05, 4.69) is 10.6 Å². The number of likely N-dealkylation sites (N-methyl/N-ethyl adjacent to an activating group) is 1. The van der Waals surface area contributed by atoms with Gasteiger partial charge >= 0.3 is 6.03 Å². The van der Waals surface area contributed by atoms with E-state index in [9.17, 15) is 23.1 Å². The quantitative estimate of drug-likeness (QED) is 0.258. The Morgan fingerprint density at radius 1 is 1.00 bits per heavy atom. The summed E-state index contributed by atoms with van der Waals surface area (Å²) in [6.07, 6.45) is 1.34. The number of nitrogens with one attached hydrogen (secondary N) is 2. The molecule has 0 aromatic heterocycles. The van der Waals surface area contributed by atoms with Crippen LogP contribution in [0.2, 0.25) is 5.02 Å². The van der Waals surface area contributed by atoms with Gasteiger partial charge in [-0.1, -0.05) is 18.5 Å². The van der Waals surface area contributed by atoms with Crippen LogP contribution in [0.4, 0.5) is 16.2 Å². The lowest BCUT2D eigenvalue weighted by molar-refractivity contribution is -0.00833. The van der Waals surface area contributed by atoms with Crippen LogP contribution < -0.4 is 24.8 Å². The first-order valence-electron chi connectivity index (χ1n) is 16.9. The summed E-state index contributed by atoms with van der Waals surface area (Å²) in [4.78, 5) is 29.1. The van der Waals surface area contributed by atoms with Crippen molar-refractivity contribution < 1.29 is 42.1 Å². The van der Waals surface area contributed by atoms with Crippen LogP contribution in [0.1, 0.15) is 50.4 Å². The summed E-state index contributed by atoms with van der Waals surface area (Å²) in [6, 6.07) is 14.7. The molecule has 0 radical (unpaired) electrons. The molecule has 0 bridgehead atoms. The lowest BCUT2D eigenvalue weighted by atomic mass is 10.0. The standard InChI is InChI=1S/C36H45ClN4O9S/c1-23-19-41(24(2)21-42)35(43)30-17-27(38-36(44)39-28-11-15-32-33(18-28)49-22-48-32)10-14-31(30)50-25(3)7-5-6-16-47-34(23)20-40(4)51(45,46)29-12-8-26(37)9-13-29/h8-15,17-18,23-25,34,42H,5-7,16,19-22H2,1-4H3,(H2,38,39,44)/t23-,24-,25+,34+/m0/s1. The van der Waals surface area contributed by atoms with Crippen molar-refractivity contribution in [3.05, 3.63) is 71.2 Å². The predicted octanol–water partition coefficient (Wildman–Crippen LogP) is 5.83. The van der Waals surface area contributed by atoms with Crippen molar-refractivity contribution in [3.8, 4) is 17.2 Å². The van der Waals surface area contributed by atoms with Gasteiger partial charge in [-0.3, -0.25) is 4.79 Å². The van der Waals surface area contributed by atoms with Gasteiger partial charge in [0.25, 0.3) is 5.91 Å². The van der Waals surface area contributed by atoms with Crippen molar-refractivity contribution in [1.82, 2.24) is 9.21 Å². The fourth-order valence-corrected chi connectivity index (χ4v) is 7.18. The topological polar surface area (TPSA) is 156 Å². The molecule has 0 saturated heterocycles.